The number of piperazine rings is 1. The molecule has 0 saturated carbocycles. The van der Waals surface area contributed by atoms with Crippen molar-refractivity contribution in [3.63, 3.8) is 0 Å². The Morgan fingerprint density at radius 3 is 2.38 bits per heavy atom. The zero-order chi connectivity index (χ0) is 15.4. The fourth-order valence-corrected chi connectivity index (χ4v) is 3.87. The summed E-state index contributed by atoms with van der Waals surface area (Å²) in [4.78, 5) is 18.8. The second-order valence-electron chi connectivity index (χ2n) is 7.06. The van der Waals surface area contributed by atoms with Gasteiger partial charge < -0.3 is 9.80 Å². The van der Waals surface area contributed by atoms with Crippen LogP contribution in [0.4, 0.5) is 0 Å². The van der Waals surface area contributed by atoms with Crippen LogP contribution in [0, 0.1) is 5.92 Å². The van der Waals surface area contributed by atoms with E-state index < -0.39 is 0 Å². The molecule has 2 aliphatic rings. The van der Waals surface area contributed by atoms with Crippen molar-refractivity contribution in [1.82, 2.24) is 14.7 Å². The summed E-state index contributed by atoms with van der Waals surface area (Å²) in [6.07, 6.45) is 3.94. The van der Waals surface area contributed by atoms with E-state index in [1.165, 1.54) is 38.9 Å². The monoisotopic (exact) mass is 295 g/mol. The minimum atomic E-state index is 0.226. The molecule has 0 aromatic rings. The van der Waals surface area contributed by atoms with Crippen LogP contribution in [0.5, 0.6) is 0 Å². The highest BCUT2D eigenvalue weighted by atomic mass is 16.2. The van der Waals surface area contributed by atoms with Gasteiger partial charge in [0.25, 0.3) is 0 Å². The molecule has 1 amide bonds. The van der Waals surface area contributed by atoms with Crippen LogP contribution in [-0.2, 0) is 4.79 Å². The van der Waals surface area contributed by atoms with Crippen molar-refractivity contribution in [2.24, 2.45) is 5.92 Å². The molecule has 2 heterocycles. The maximum atomic E-state index is 11.5. The van der Waals surface area contributed by atoms with Crippen LogP contribution < -0.4 is 0 Å². The van der Waals surface area contributed by atoms with Crippen LogP contribution in [0.15, 0.2) is 0 Å². The number of amides is 1. The minimum Gasteiger partial charge on any atom is -0.338 e. The van der Waals surface area contributed by atoms with Crippen molar-refractivity contribution >= 4 is 5.91 Å². The summed E-state index contributed by atoms with van der Waals surface area (Å²) in [6, 6.07) is 1.11. The Labute approximate surface area is 130 Å². The lowest BCUT2D eigenvalue weighted by atomic mass is 9.94. The van der Waals surface area contributed by atoms with Gasteiger partial charge in [-0.25, -0.2) is 0 Å². The topological polar surface area (TPSA) is 26.8 Å². The van der Waals surface area contributed by atoms with E-state index in [1.54, 1.807) is 6.92 Å². The first-order chi connectivity index (χ1) is 10.0. The maximum Gasteiger partial charge on any atom is 0.219 e. The first kappa shape index (κ1) is 16.8. The molecular formula is C17H33N3O. The molecule has 2 rings (SSSR count). The highest BCUT2D eigenvalue weighted by Gasteiger charge is 2.28. The van der Waals surface area contributed by atoms with E-state index in [-0.39, 0.29) is 5.91 Å². The smallest absolute Gasteiger partial charge is 0.219 e. The third-order valence-electron chi connectivity index (χ3n) is 5.50. The molecule has 0 aliphatic carbocycles. The highest BCUT2D eigenvalue weighted by Crippen LogP contribution is 2.22. The molecule has 0 aromatic carbocycles. The van der Waals surface area contributed by atoms with Gasteiger partial charge in [-0.1, -0.05) is 6.92 Å². The second kappa shape index (κ2) is 7.59. The molecule has 0 N–H and O–H groups in total. The zero-order valence-corrected chi connectivity index (χ0v) is 14.3. The Hall–Kier alpha value is -0.610. The molecule has 0 spiro atoms. The molecule has 2 fully saturated rings. The first-order valence-corrected chi connectivity index (χ1v) is 8.74. The minimum absolute atomic E-state index is 0.226. The molecule has 0 bridgehead atoms. The van der Waals surface area contributed by atoms with Gasteiger partial charge in [0.2, 0.25) is 5.91 Å². The predicted molar refractivity (Wildman–Crippen MR) is 87.3 cm³/mol. The number of piperidine rings is 1. The summed E-state index contributed by atoms with van der Waals surface area (Å²) in [7, 11) is 0. The van der Waals surface area contributed by atoms with Crippen LogP contribution in [0.1, 0.15) is 47.0 Å². The van der Waals surface area contributed by atoms with Crippen LogP contribution in [0.2, 0.25) is 0 Å². The molecule has 2 aliphatic heterocycles. The van der Waals surface area contributed by atoms with Crippen LogP contribution in [0.3, 0.4) is 0 Å². The molecule has 0 radical (unpaired) electrons. The molecular weight excluding hydrogens is 262 g/mol. The van der Waals surface area contributed by atoms with E-state index >= 15 is 0 Å². The fourth-order valence-electron chi connectivity index (χ4n) is 3.87. The lowest BCUT2D eigenvalue weighted by Gasteiger charge is -2.42. The Balaban J connectivity index is 1.73. The van der Waals surface area contributed by atoms with Crippen LogP contribution in [-0.4, -0.2) is 72.0 Å². The number of rotatable bonds is 4. The van der Waals surface area contributed by atoms with Crippen LogP contribution in [0.25, 0.3) is 0 Å². The number of likely N-dealkylation sites (tertiary alicyclic amines) is 1. The zero-order valence-electron chi connectivity index (χ0n) is 14.3. The first-order valence-electron chi connectivity index (χ1n) is 8.74. The lowest BCUT2D eigenvalue weighted by Crippen LogP contribution is -2.54. The summed E-state index contributed by atoms with van der Waals surface area (Å²) < 4.78 is 0. The normalized spacial score (nSPS) is 27.8. The highest BCUT2D eigenvalue weighted by molar-refractivity contribution is 5.73. The summed E-state index contributed by atoms with van der Waals surface area (Å²) in [5.74, 6) is 1.07. The third-order valence-corrected chi connectivity index (χ3v) is 5.50. The molecule has 4 heteroatoms. The van der Waals surface area contributed by atoms with E-state index in [2.05, 4.69) is 30.6 Å². The fraction of sp³-hybridized carbons (Fsp3) is 0.941. The predicted octanol–water partition coefficient (Wildman–Crippen LogP) is 2.05. The van der Waals surface area contributed by atoms with Gasteiger partial charge in [0, 0.05) is 45.2 Å². The third kappa shape index (κ3) is 4.43. The number of hydrogen-bond donors (Lipinski definition) is 0. The van der Waals surface area contributed by atoms with Crippen molar-refractivity contribution in [3.05, 3.63) is 0 Å². The molecule has 4 nitrogen and oxygen atoms in total. The largest absolute Gasteiger partial charge is 0.338 e. The average Bonchev–Trinajstić information content (AvgIpc) is 2.47. The quantitative estimate of drug-likeness (QED) is 0.794. The molecule has 122 valence electrons. The number of hydrogen-bond acceptors (Lipinski definition) is 3. The van der Waals surface area contributed by atoms with Gasteiger partial charge in [0.1, 0.15) is 0 Å². The van der Waals surface area contributed by atoms with E-state index in [1.807, 2.05) is 4.90 Å². The van der Waals surface area contributed by atoms with E-state index in [0.29, 0.717) is 6.04 Å². The summed E-state index contributed by atoms with van der Waals surface area (Å²) >= 11 is 0. The second-order valence-corrected chi connectivity index (χ2v) is 7.06. The lowest BCUT2D eigenvalue weighted by molar-refractivity contribution is -0.133. The number of carbonyl (C=O) groups is 1. The van der Waals surface area contributed by atoms with E-state index in [4.69, 9.17) is 0 Å². The average molecular weight is 295 g/mol. The van der Waals surface area contributed by atoms with Gasteiger partial charge in [-0.15, -0.1) is 0 Å². The standard InChI is InChI=1S/C17H33N3O/c1-5-14(2)19-8-6-17(7-9-19)13-18-10-11-20(16(4)21)15(3)12-18/h14-15,17H,5-13H2,1-4H3/t14?,15-/m1/s1. The van der Waals surface area contributed by atoms with Gasteiger partial charge >= 0.3 is 0 Å². The Morgan fingerprint density at radius 1 is 1.19 bits per heavy atom. The van der Waals surface area contributed by atoms with Crippen molar-refractivity contribution in [3.8, 4) is 0 Å². The summed E-state index contributed by atoms with van der Waals surface area (Å²) in [5, 5.41) is 0. The molecule has 2 atom stereocenters. The molecule has 1 unspecified atom stereocenters. The Kier molecular flexibility index (Phi) is 6.06. The van der Waals surface area contributed by atoms with E-state index in [9.17, 15) is 4.79 Å². The van der Waals surface area contributed by atoms with Crippen molar-refractivity contribution in [1.29, 1.82) is 0 Å². The van der Waals surface area contributed by atoms with E-state index in [0.717, 1.165) is 31.6 Å². The van der Waals surface area contributed by atoms with Crippen molar-refractivity contribution in [2.75, 3.05) is 39.3 Å². The van der Waals surface area contributed by atoms with Gasteiger partial charge in [-0.3, -0.25) is 9.69 Å². The Bertz CT molecular complexity index is 339. The SMILES string of the molecule is CCC(C)N1CCC(CN2CCN(C(C)=O)[C@H](C)C2)CC1. The molecule has 0 aromatic heterocycles. The summed E-state index contributed by atoms with van der Waals surface area (Å²) in [5.41, 5.74) is 0. The van der Waals surface area contributed by atoms with Gasteiger partial charge in [0.15, 0.2) is 0 Å². The van der Waals surface area contributed by atoms with Gasteiger partial charge in [-0.05, 0) is 52.1 Å². The maximum absolute atomic E-state index is 11.5. The van der Waals surface area contributed by atoms with Crippen LogP contribution >= 0.6 is 0 Å². The van der Waals surface area contributed by atoms with Gasteiger partial charge in [-0.2, -0.15) is 0 Å². The summed E-state index contributed by atoms with van der Waals surface area (Å²) in [6.45, 7) is 15.3. The Morgan fingerprint density at radius 2 is 1.86 bits per heavy atom. The molecule has 21 heavy (non-hydrogen) atoms. The van der Waals surface area contributed by atoms with Crippen molar-refractivity contribution in [2.45, 2.75) is 59.0 Å². The molecule has 2 saturated heterocycles. The number of nitrogens with zero attached hydrogens (tertiary/aromatic N) is 3. The number of carbonyl (C=O) groups excluding carboxylic acids is 1. The van der Waals surface area contributed by atoms with Gasteiger partial charge in [0.05, 0.1) is 0 Å². The van der Waals surface area contributed by atoms with Crippen molar-refractivity contribution < 1.29 is 4.79 Å².